The summed E-state index contributed by atoms with van der Waals surface area (Å²) in [6.45, 7) is 8.63. The van der Waals surface area contributed by atoms with Gasteiger partial charge in [-0.15, -0.1) is 0 Å². The summed E-state index contributed by atoms with van der Waals surface area (Å²) < 4.78 is 9.04. The van der Waals surface area contributed by atoms with Gasteiger partial charge in [-0.1, -0.05) is 48.9 Å². The van der Waals surface area contributed by atoms with Crippen molar-refractivity contribution in [3.05, 3.63) is 81.5 Å². The SMILES string of the molecule is CCCn1c(COc2ccc(CC(C)(C)C(=O)O)cc2)nn(Cc2ccc(C)cc2)c1=O. The molecule has 0 aliphatic carbocycles. The van der Waals surface area contributed by atoms with Gasteiger partial charge in [-0.05, 0) is 56.9 Å². The molecule has 0 radical (unpaired) electrons. The highest BCUT2D eigenvalue weighted by Crippen LogP contribution is 2.23. The first-order chi connectivity index (χ1) is 15.2. The van der Waals surface area contributed by atoms with Crippen molar-refractivity contribution in [3.8, 4) is 5.75 Å². The number of rotatable bonds is 10. The lowest BCUT2D eigenvalue weighted by Crippen LogP contribution is -2.26. The quantitative estimate of drug-likeness (QED) is 0.517. The smallest absolute Gasteiger partial charge is 0.346 e. The third-order valence-corrected chi connectivity index (χ3v) is 5.42. The summed E-state index contributed by atoms with van der Waals surface area (Å²) in [6, 6.07) is 15.4. The molecule has 32 heavy (non-hydrogen) atoms. The number of hydrogen-bond donors (Lipinski definition) is 1. The lowest BCUT2D eigenvalue weighted by atomic mass is 9.86. The van der Waals surface area contributed by atoms with E-state index in [4.69, 9.17) is 4.74 Å². The summed E-state index contributed by atoms with van der Waals surface area (Å²) >= 11 is 0. The van der Waals surface area contributed by atoms with Gasteiger partial charge in [0.15, 0.2) is 5.82 Å². The molecule has 7 heteroatoms. The molecule has 1 heterocycles. The van der Waals surface area contributed by atoms with Crippen molar-refractivity contribution in [3.63, 3.8) is 0 Å². The number of carboxylic acids is 1. The Morgan fingerprint density at radius 1 is 1.06 bits per heavy atom. The van der Waals surface area contributed by atoms with Gasteiger partial charge in [0.05, 0.1) is 12.0 Å². The van der Waals surface area contributed by atoms with E-state index in [0.29, 0.717) is 31.1 Å². The maximum Gasteiger partial charge on any atom is 0.346 e. The van der Waals surface area contributed by atoms with Crippen molar-refractivity contribution in [2.75, 3.05) is 0 Å². The fourth-order valence-electron chi connectivity index (χ4n) is 3.45. The zero-order chi connectivity index (χ0) is 23.3. The number of aryl methyl sites for hydroxylation is 1. The molecule has 0 saturated carbocycles. The topological polar surface area (TPSA) is 86.3 Å². The molecule has 0 unspecified atom stereocenters. The summed E-state index contributed by atoms with van der Waals surface area (Å²) in [5.41, 5.74) is 2.14. The molecule has 0 bridgehead atoms. The largest absolute Gasteiger partial charge is 0.486 e. The van der Waals surface area contributed by atoms with Crippen molar-refractivity contribution in [2.24, 2.45) is 5.41 Å². The number of nitrogens with zero attached hydrogens (tertiary/aromatic N) is 3. The first-order valence-corrected chi connectivity index (χ1v) is 10.9. The Balaban J connectivity index is 1.72. The van der Waals surface area contributed by atoms with Crippen molar-refractivity contribution < 1.29 is 14.6 Å². The van der Waals surface area contributed by atoms with Gasteiger partial charge in [-0.25, -0.2) is 9.48 Å². The minimum absolute atomic E-state index is 0.141. The number of carbonyl (C=O) groups is 1. The minimum Gasteiger partial charge on any atom is -0.486 e. The fraction of sp³-hybridized carbons (Fsp3) is 0.400. The second kappa shape index (κ2) is 9.85. The van der Waals surface area contributed by atoms with Crippen LogP contribution in [0.25, 0.3) is 0 Å². The molecular weight excluding hydrogens is 406 g/mol. The maximum atomic E-state index is 12.9. The van der Waals surface area contributed by atoms with Crippen molar-refractivity contribution in [1.82, 2.24) is 14.3 Å². The Morgan fingerprint density at radius 3 is 2.28 bits per heavy atom. The third kappa shape index (κ3) is 5.66. The van der Waals surface area contributed by atoms with Crippen molar-refractivity contribution in [1.29, 1.82) is 0 Å². The highest BCUT2D eigenvalue weighted by molar-refractivity contribution is 5.74. The van der Waals surface area contributed by atoms with Crippen molar-refractivity contribution in [2.45, 2.75) is 60.2 Å². The van der Waals surface area contributed by atoms with Crippen LogP contribution in [0.5, 0.6) is 5.75 Å². The average molecular weight is 438 g/mol. The van der Waals surface area contributed by atoms with Crippen LogP contribution in [0, 0.1) is 12.3 Å². The highest BCUT2D eigenvalue weighted by Gasteiger charge is 2.27. The van der Waals surface area contributed by atoms with E-state index in [2.05, 4.69) is 5.10 Å². The molecule has 1 N–H and O–H groups in total. The first kappa shape index (κ1) is 23.3. The Morgan fingerprint density at radius 2 is 1.69 bits per heavy atom. The normalized spacial score (nSPS) is 11.5. The van der Waals surface area contributed by atoms with Gasteiger partial charge in [0.2, 0.25) is 0 Å². The average Bonchev–Trinajstić information content (AvgIpc) is 3.04. The van der Waals surface area contributed by atoms with Crippen LogP contribution >= 0.6 is 0 Å². The van der Waals surface area contributed by atoms with Gasteiger partial charge < -0.3 is 9.84 Å². The predicted molar refractivity (Wildman–Crippen MR) is 123 cm³/mol. The number of carboxylic acid groups (broad SMARTS) is 1. The van der Waals surface area contributed by atoms with E-state index in [-0.39, 0.29) is 12.3 Å². The molecule has 0 amide bonds. The lowest BCUT2D eigenvalue weighted by Gasteiger charge is -2.19. The van der Waals surface area contributed by atoms with Crippen LogP contribution in [-0.2, 0) is 30.9 Å². The van der Waals surface area contributed by atoms with E-state index in [1.807, 2.05) is 62.4 Å². The molecule has 3 rings (SSSR count). The maximum absolute atomic E-state index is 12.9. The zero-order valence-electron chi connectivity index (χ0n) is 19.2. The Hall–Kier alpha value is -3.35. The van der Waals surface area contributed by atoms with Crippen LogP contribution in [0.3, 0.4) is 0 Å². The fourth-order valence-corrected chi connectivity index (χ4v) is 3.45. The van der Waals surface area contributed by atoms with E-state index < -0.39 is 11.4 Å². The van der Waals surface area contributed by atoms with E-state index in [0.717, 1.165) is 17.5 Å². The standard InChI is InChI=1S/C25H31N3O4/c1-5-14-27-22(26-28(24(27)31)16-20-8-6-18(2)7-9-20)17-32-21-12-10-19(11-13-21)15-25(3,4)23(29)30/h6-13H,5,14-17H2,1-4H3,(H,29,30). The predicted octanol–water partition coefficient (Wildman–Crippen LogP) is 4.04. The molecule has 3 aromatic rings. The molecule has 0 spiro atoms. The Labute approximate surface area is 188 Å². The number of benzene rings is 2. The summed E-state index contributed by atoms with van der Waals surface area (Å²) in [5, 5.41) is 13.8. The van der Waals surface area contributed by atoms with Gasteiger partial charge in [-0.2, -0.15) is 5.10 Å². The van der Waals surface area contributed by atoms with Crippen LogP contribution in [0.15, 0.2) is 53.3 Å². The van der Waals surface area contributed by atoms with Gasteiger partial charge in [0.1, 0.15) is 12.4 Å². The van der Waals surface area contributed by atoms with E-state index in [9.17, 15) is 14.7 Å². The van der Waals surface area contributed by atoms with Crippen LogP contribution < -0.4 is 10.4 Å². The molecule has 0 aliphatic heterocycles. The summed E-state index contributed by atoms with van der Waals surface area (Å²) in [5.74, 6) is 0.401. The third-order valence-electron chi connectivity index (χ3n) is 5.42. The molecule has 7 nitrogen and oxygen atoms in total. The monoisotopic (exact) mass is 437 g/mol. The van der Waals surface area contributed by atoms with Crippen LogP contribution in [0.2, 0.25) is 0 Å². The zero-order valence-corrected chi connectivity index (χ0v) is 19.2. The molecule has 0 atom stereocenters. The summed E-state index contributed by atoms with van der Waals surface area (Å²) in [6.07, 6.45) is 1.25. The highest BCUT2D eigenvalue weighted by atomic mass is 16.5. The van der Waals surface area contributed by atoms with Crippen LogP contribution in [0.1, 0.15) is 49.7 Å². The van der Waals surface area contributed by atoms with E-state index >= 15 is 0 Å². The van der Waals surface area contributed by atoms with Gasteiger partial charge >= 0.3 is 11.7 Å². The molecule has 2 aromatic carbocycles. The molecule has 0 saturated heterocycles. The summed E-state index contributed by atoms with van der Waals surface area (Å²) in [7, 11) is 0. The molecule has 170 valence electrons. The van der Waals surface area contributed by atoms with Gasteiger partial charge in [0.25, 0.3) is 0 Å². The number of aliphatic carboxylic acids is 1. The molecule has 0 aliphatic rings. The van der Waals surface area contributed by atoms with Gasteiger partial charge in [0, 0.05) is 6.54 Å². The van der Waals surface area contributed by atoms with Crippen LogP contribution in [-0.4, -0.2) is 25.4 Å². The molecule has 1 aromatic heterocycles. The van der Waals surface area contributed by atoms with Crippen molar-refractivity contribution >= 4 is 5.97 Å². The number of hydrogen-bond acceptors (Lipinski definition) is 4. The van der Waals surface area contributed by atoms with Crippen LogP contribution in [0.4, 0.5) is 0 Å². The van der Waals surface area contributed by atoms with Gasteiger partial charge in [-0.3, -0.25) is 9.36 Å². The second-order valence-electron chi connectivity index (χ2n) is 8.79. The Kier molecular flexibility index (Phi) is 7.18. The first-order valence-electron chi connectivity index (χ1n) is 10.9. The minimum atomic E-state index is -0.830. The Bertz CT molecular complexity index is 1110. The van der Waals surface area contributed by atoms with E-state index in [1.165, 1.54) is 10.2 Å². The lowest BCUT2D eigenvalue weighted by molar-refractivity contribution is -0.146. The second-order valence-corrected chi connectivity index (χ2v) is 8.79. The van der Waals surface area contributed by atoms with E-state index in [1.54, 1.807) is 18.4 Å². The number of aromatic nitrogens is 3. The molecular formula is C25H31N3O4. The number of ether oxygens (including phenoxy) is 1. The molecule has 0 fully saturated rings. The summed E-state index contributed by atoms with van der Waals surface area (Å²) in [4.78, 5) is 24.2.